The third-order valence-electron chi connectivity index (χ3n) is 3.33. The number of carbonyl (C=O) groups excluding carboxylic acids is 1. The van der Waals surface area contributed by atoms with E-state index in [1.807, 2.05) is 30.3 Å². The average molecular weight is 294 g/mol. The van der Waals surface area contributed by atoms with E-state index in [0.29, 0.717) is 13.0 Å². The summed E-state index contributed by atoms with van der Waals surface area (Å²) in [5, 5.41) is 9.83. The monoisotopic (exact) mass is 294 g/mol. The minimum Gasteiger partial charge on any atom is -0.491 e. The van der Waals surface area contributed by atoms with E-state index in [-0.39, 0.29) is 5.97 Å². The Morgan fingerprint density at radius 3 is 2.48 bits per heavy atom. The maximum absolute atomic E-state index is 10.9. The normalized spacial score (nSPS) is 11.9. The van der Waals surface area contributed by atoms with Crippen LogP contribution in [0, 0.1) is 0 Å². The highest BCUT2D eigenvalue weighted by molar-refractivity contribution is 5.68. The van der Waals surface area contributed by atoms with Crippen LogP contribution in [0.25, 0.3) is 0 Å². The number of benzene rings is 1. The van der Waals surface area contributed by atoms with Crippen LogP contribution in [0.5, 0.6) is 5.75 Å². The Bertz CT molecular complexity index is 378. The second-order valence-corrected chi connectivity index (χ2v) is 5.16. The molecule has 0 radical (unpaired) electrons. The number of para-hydroxylation sites is 1. The van der Waals surface area contributed by atoms with Gasteiger partial charge in [-0.1, -0.05) is 43.9 Å². The van der Waals surface area contributed by atoms with Crippen LogP contribution in [-0.2, 0) is 9.53 Å². The van der Waals surface area contributed by atoms with Crippen LogP contribution in [0.1, 0.15) is 44.9 Å². The van der Waals surface area contributed by atoms with Crippen molar-refractivity contribution in [3.05, 3.63) is 30.3 Å². The van der Waals surface area contributed by atoms with Gasteiger partial charge in [0.15, 0.2) is 0 Å². The van der Waals surface area contributed by atoms with Crippen LogP contribution in [0.2, 0.25) is 0 Å². The zero-order valence-electron chi connectivity index (χ0n) is 12.8. The highest BCUT2D eigenvalue weighted by Crippen LogP contribution is 2.12. The number of esters is 1. The summed E-state index contributed by atoms with van der Waals surface area (Å²) in [5.74, 6) is 0.655. The molecule has 1 aromatic carbocycles. The van der Waals surface area contributed by atoms with Crippen LogP contribution in [-0.4, -0.2) is 30.9 Å². The molecule has 0 aliphatic heterocycles. The van der Waals surface area contributed by atoms with Crippen molar-refractivity contribution in [3.8, 4) is 5.75 Å². The molecule has 0 amide bonds. The van der Waals surface area contributed by atoms with Gasteiger partial charge < -0.3 is 14.6 Å². The van der Waals surface area contributed by atoms with Crippen molar-refractivity contribution in [2.45, 2.75) is 51.0 Å². The maximum atomic E-state index is 10.9. The summed E-state index contributed by atoms with van der Waals surface area (Å²) < 4.78 is 10.1. The van der Waals surface area contributed by atoms with E-state index in [9.17, 15) is 9.90 Å². The lowest BCUT2D eigenvalue weighted by atomic mass is 10.1. The topological polar surface area (TPSA) is 55.8 Å². The summed E-state index contributed by atoms with van der Waals surface area (Å²) >= 11 is 0. The Hall–Kier alpha value is -1.55. The predicted molar refractivity (Wildman–Crippen MR) is 82.3 cm³/mol. The van der Waals surface area contributed by atoms with Gasteiger partial charge in [0, 0.05) is 6.42 Å². The molecule has 0 bridgehead atoms. The Morgan fingerprint density at radius 2 is 1.76 bits per heavy atom. The van der Waals surface area contributed by atoms with E-state index in [2.05, 4.69) is 4.74 Å². The fourth-order valence-corrected chi connectivity index (χ4v) is 2.07. The second kappa shape index (κ2) is 11.1. The van der Waals surface area contributed by atoms with E-state index in [1.165, 1.54) is 7.11 Å². The van der Waals surface area contributed by atoms with Gasteiger partial charge in [-0.15, -0.1) is 0 Å². The number of hydrogen-bond acceptors (Lipinski definition) is 4. The molecule has 0 saturated carbocycles. The van der Waals surface area contributed by atoms with Crippen molar-refractivity contribution < 1.29 is 19.4 Å². The van der Waals surface area contributed by atoms with Crippen molar-refractivity contribution in [2.24, 2.45) is 0 Å². The largest absolute Gasteiger partial charge is 0.491 e. The maximum Gasteiger partial charge on any atom is 0.305 e. The molecule has 0 aliphatic carbocycles. The molecule has 1 aromatic rings. The number of ether oxygens (including phenoxy) is 2. The summed E-state index contributed by atoms with van der Waals surface area (Å²) in [4.78, 5) is 10.9. The highest BCUT2D eigenvalue weighted by Gasteiger charge is 2.05. The van der Waals surface area contributed by atoms with Crippen LogP contribution in [0.3, 0.4) is 0 Å². The second-order valence-electron chi connectivity index (χ2n) is 5.16. The molecule has 0 aromatic heterocycles. The summed E-state index contributed by atoms with van der Waals surface area (Å²) in [7, 11) is 1.42. The molecule has 0 spiro atoms. The number of carbonyl (C=O) groups is 1. The van der Waals surface area contributed by atoms with Crippen LogP contribution in [0.4, 0.5) is 0 Å². The molecular weight excluding hydrogens is 268 g/mol. The molecule has 0 heterocycles. The summed E-state index contributed by atoms with van der Waals surface area (Å²) in [5.41, 5.74) is 0. The van der Waals surface area contributed by atoms with E-state index in [1.54, 1.807) is 0 Å². The molecule has 0 saturated heterocycles. The standard InChI is InChI=1S/C17H26O4/c1-20-17(19)13-9-4-2-3-6-10-15(18)14-21-16-11-7-5-8-12-16/h5,7-8,11-12,15,18H,2-4,6,9-10,13-14H2,1H3. The number of hydrogen-bond donors (Lipinski definition) is 1. The van der Waals surface area contributed by atoms with E-state index < -0.39 is 6.10 Å². The zero-order chi connectivity index (χ0) is 15.3. The predicted octanol–water partition coefficient (Wildman–Crippen LogP) is 3.33. The first-order valence-corrected chi connectivity index (χ1v) is 7.65. The number of rotatable bonds is 11. The first-order valence-electron chi connectivity index (χ1n) is 7.65. The van der Waals surface area contributed by atoms with Gasteiger partial charge in [-0.05, 0) is 25.0 Å². The van der Waals surface area contributed by atoms with Crippen LogP contribution in [0.15, 0.2) is 30.3 Å². The Morgan fingerprint density at radius 1 is 1.10 bits per heavy atom. The molecule has 1 rings (SSSR count). The number of unbranched alkanes of at least 4 members (excludes halogenated alkanes) is 4. The molecule has 4 nitrogen and oxygen atoms in total. The third-order valence-corrected chi connectivity index (χ3v) is 3.33. The number of aliphatic hydroxyl groups excluding tert-OH is 1. The smallest absolute Gasteiger partial charge is 0.305 e. The number of aliphatic hydroxyl groups is 1. The van der Waals surface area contributed by atoms with Crippen molar-refractivity contribution in [1.82, 2.24) is 0 Å². The lowest BCUT2D eigenvalue weighted by Crippen LogP contribution is -2.17. The molecule has 21 heavy (non-hydrogen) atoms. The molecule has 4 heteroatoms. The van der Waals surface area contributed by atoms with Gasteiger partial charge in [-0.2, -0.15) is 0 Å². The molecule has 118 valence electrons. The van der Waals surface area contributed by atoms with Gasteiger partial charge in [0.1, 0.15) is 12.4 Å². The molecular formula is C17H26O4. The van der Waals surface area contributed by atoms with Crippen molar-refractivity contribution >= 4 is 5.97 Å². The van der Waals surface area contributed by atoms with Crippen LogP contribution < -0.4 is 4.74 Å². The van der Waals surface area contributed by atoms with Crippen LogP contribution >= 0.6 is 0 Å². The Labute approximate surface area is 127 Å². The zero-order valence-corrected chi connectivity index (χ0v) is 12.8. The third kappa shape index (κ3) is 9.08. The van der Waals surface area contributed by atoms with Gasteiger partial charge in [-0.3, -0.25) is 4.79 Å². The van der Waals surface area contributed by atoms with E-state index in [0.717, 1.165) is 44.3 Å². The molecule has 1 N–H and O–H groups in total. The molecule has 0 aliphatic rings. The fraction of sp³-hybridized carbons (Fsp3) is 0.588. The minimum atomic E-state index is -0.416. The van der Waals surface area contributed by atoms with Gasteiger partial charge in [0.25, 0.3) is 0 Å². The first kappa shape index (κ1) is 17.5. The SMILES string of the molecule is COC(=O)CCCCCCCC(O)COc1ccccc1. The van der Waals surface area contributed by atoms with Gasteiger partial charge in [0.2, 0.25) is 0 Å². The Kier molecular flexibility index (Phi) is 9.29. The molecule has 1 unspecified atom stereocenters. The average Bonchev–Trinajstić information content (AvgIpc) is 2.52. The van der Waals surface area contributed by atoms with Gasteiger partial charge >= 0.3 is 5.97 Å². The number of methoxy groups -OCH3 is 1. The van der Waals surface area contributed by atoms with Crippen molar-refractivity contribution in [2.75, 3.05) is 13.7 Å². The van der Waals surface area contributed by atoms with Gasteiger partial charge in [-0.25, -0.2) is 0 Å². The summed E-state index contributed by atoms with van der Waals surface area (Å²) in [6.07, 6.45) is 5.90. The highest BCUT2D eigenvalue weighted by atomic mass is 16.5. The summed E-state index contributed by atoms with van der Waals surface area (Å²) in [6, 6.07) is 9.53. The summed E-state index contributed by atoms with van der Waals surface area (Å²) in [6.45, 7) is 0.340. The van der Waals surface area contributed by atoms with E-state index in [4.69, 9.17) is 4.74 Å². The molecule has 0 fully saturated rings. The Balaban J connectivity index is 1.94. The lowest BCUT2D eigenvalue weighted by molar-refractivity contribution is -0.140. The lowest BCUT2D eigenvalue weighted by Gasteiger charge is -2.12. The first-order chi connectivity index (χ1) is 10.2. The minimum absolute atomic E-state index is 0.136. The quantitative estimate of drug-likeness (QED) is 0.502. The van der Waals surface area contributed by atoms with Crippen molar-refractivity contribution in [1.29, 1.82) is 0 Å². The van der Waals surface area contributed by atoms with Gasteiger partial charge in [0.05, 0.1) is 13.2 Å². The van der Waals surface area contributed by atoms with E-state index >= 15 is 0 Å². The fourth-order valence-electron chi connectivity index (χ4n) is 2.07. The van der Waals surface area contributed by atoms with Crippen molar-refractivity contribution in [3.63, 3.8) is 0 Å². The molecule has 1 atom stereocenters.